The number of hydrogen-bond acceptors (Lipinski definition) is 1. The third kappa shape index (κ3) is 2.22. The van der Waals surface area contributed by atoms with Crippen LogP contribution in [0.25, 0.3) is 0 Å². The molecular weight excluding hydrogens is 254 g/mol. The van der Waals surface area contributed by atoms with E-state index in [1.165, 1.54) is 57.1 Å². The molecule has 0 aliphatic heterocycles. The predicted molar refractivity (Wildman–Crippen MR) is 81.7 cm³/mol. The van der Waals surface area contributed by atoms with Crippen LogP contribution in [0.3, 0.4) is 0 Å². The van der Waals surface area contributed by atoms with E-state index >= 15 is 0 Å². The minimum atomic E-state index is -1.07. The molecule has 0 saturated heterocycles. The lowest BCUT2D eigenvalue weighted by Gasteiger charge is -2.42. The molecule has 0 aromatic heterocycles. The molecule has 0 N–H and O–H groups in total. The van der Waals surface area contributed by atoms with Crippen molar-refractivity contribution in [3.63, 3.8) is 0 Å². The highest BCUT2D eigenvalue weighted by Crippen LogP contribution is 2.60. The van der Waals surface area contributed by atoms with Gasteiger partial charge < -0.3 is 0 Å². The molecule has 3 saturated carbocycles. The van der Waals surface area contributed by atoms with E-state index in [1.54, 1.807) is 0 Å². The Labute approximate surface area is 120 Å². The molecule has 3 fully saturated rings. The molecule has 3 rings (SSSR count). The van der Waals surface area contributed by atoms with Crippen molar-refractivity contribution in [3.8, 4) is 0 Å². The van der Waals surface area contributed by atoms with Crippen molar-refractivity contribution in [2.45, 2.75) is 76.9 Å². The molecule has 3 heteroatoms. The number of rotatable bonds is 1. The van der Waals surface area contributed by atoms with Gasteiger partial charge in [-0.25, -0.2) is 4.21 Å². The van der Waals surface area contributed by atoms with Crippen LogP contribution in [0.1, 0.15) is 72.1 Å². The Hall–Kier alpha value is -0.180. The van der Waals surface area contributed by atoms with Crippen LogP contribution in [0.2, 0.25) is 0 Å². The van der Waals surface area contributed by atoms with Crippen molar-refractivity contribution in [2.24, 2.45) is 21.6 Å². The SMILES string of the molecule is CC(C)(C)S(=O)N=C1[C@@H]2CC[C@@H](C2)C12CCCCC2. The summed E-state index contributed by atoms with van der Waals surface area (Å²) in [6.45, 7) is 6.11. The lowest BCUT2D eigenvalue weighted by atomic mass is 9.63. The van der Waals surface area contributed by atoms with E-state index in [2.05, 4.69) is 0 Å². The highest BCUT2D eigenvalue weighted by Gasteiger charge is 2.56. The van der Waals surface area contributed by atoms with Gasteiger partial charge in [0.05, 0.1) is 4.75 Å². The second-order valence-corrected chi connectivity index (χ2v) is 9.67. The smallest absolute Gasteiger partial charge is 0.144 e. The van der Waals surface area contributed by atoms with Gasteiger partial charge >= 0.3 is 0 Å². The Morgan fingerprint density at radius 1 is 1.16 bits per heavy atom. The summed E-state index contributed by atoms with van der Waals surface area (Å²) in [4.78, 5) is 0. The molecule has 108 valence electrons. The van der Waals surface area contributed by atoms with Gasteiger partial charge in [-0.1, -0.05) is 19.3 Å². The molecule has 1 spiro atoms. The highest BCUT2D eigenvalue weighted by molar-refractivity contribution is 7.85. The Morgan fingerprint density at radius 2 is 1.84 bits per heavy atom. The van der Waals surface area contributed by atoms with Crippen LogP contribution >= 0.6 is 0 Å². The molecule has 3 atom stereocenters. The number of fused-ring (bicyclic) bond motifs is 3. The van der Waals surface area contributed by atoms with E-state index in [1.807, 2.05) is 20.8 Å². The summed E-state index contributed by atoms with van der Waals surface area (Å²) >= 11 is 0. The second kappa shape index (κ2) is 4.68. The zero-order valence-electron chi connectivity index (χ0n) is 12.6. The summed E-state index contributed by atoms with van der Waals surface area (Å²) < 4.78 is 17.0. The fraction of sp³-hybridized carbons (Fsp3) is 0.938. The van der Waals surface area contributed by atoms with Gasteiger partial charge in [0.15, 0.2) is 0 Å². The van der Waals surface area contributed by atoms with E-state index in [4.69, 9.17) is 4.40 Å². The van der Waals surface area contributed by atoms with Gasteiger partial charge in [-0.2, -0.15) is 4.40 Å². The molecule has 3 aliphatic carbocycles. The Bertz CT molecular complexity index is 415. The van der Waals surface area contributed by atoms with Crippen molar-refractivity contribution >= 4 is 16.7 Å². The van der Waals surface area contributed by atoms with Crippen LogP contribution in [-0.4, -0.2) is 14.7 Å². The molecule has 0 radical (unpaired) electrons. The van der Waals surface area contributed by atoms with Crippen molar-refractivity contribution in [1.82, 2.24) is 0 Å². The van der Waals surface area contributed by atoms with E-state index in [0.29, 0.717) is 11.3 Å². The molecule has 2 bridgehead atoms. The zero-order valence-corrected chi connectivity index (χ0v) is 13.4. The standard InChI is InChI=1S/C16H27NOS/c1-15(2,3)19(18)17-14-12-7-8-13(11-12)16(14)9-5-4-6-10-16/h12-13H,4-11H2,1-3H3/t12-,13+,19?/m1/s1. The first-order valence-electron chi connectivity index (χ1n) is 7.94. The normalized spacial score (nSPS) is 37.1. The molecule has 1 unspecified atom stereocenters. The van der Waals surface area contributed by atoms with Gasteiger partial charge in [0.25, 0.3) is 0 Å². The third-order valence-electron chi connectivity index (χ3n) is 5.56. The summed E-state index contributed by atoms with van der Waals surface area (Å²) in [5.41, 5.74) is 1.74. The first kappa shape index (κ1) is 13.8. The highest BCUT2D eigenvalue weighted by atomic mass is 32.2. The van der Waals surface area contributed by atoms with Crippen LogP contribution in [0.15, 0.2) is 4.40 Å². The van der Waals surface area contributed by atoms with Crippen LogP contribution < -0.4 is 0 Å². The van der Waals surface area contributed by atoms with Crippen molar-refractivity contribution < 1.29 is 4.21 Å². The summed E-state index contributed by atoms with van der Waals surface area (Å²) in [6, 6.07) is 0. The van der Waals surface area contributed by atoms with Crippen LogP contribution in [0.5, 0.6) is 0 Å². The average molecular weight is 281 g/mol. The van der Waals surface area contributed by atoms with E-state index in [0.717, 1.165) is 5.92 Å². The molecule has 2 nitrogen and oxygen atoms in total. The second-order valence-electron chi connectivity index (χ2n) is 7.76. The first-order chi connectivity index (χ1) is 8.93. The van der Waals surface area contributed by atoms with Gasteiger partial charge in [0.1, 0.15) is 11.0 Å². The minimum absolute atomic E-state index is 0.218. The maximum atomic E-state index is 12.4. The summed E-state index contributed by atoms with van der Waals surface area (Å²) in [7, 11) is -1.07. The van der Waals surface area contributed by atoms with Crippen molar-refractivity contribution in [2.75, 3.05) is 0 Å². The molecule has 0 heterocycles. The van der Waals surface area contributed by atoms with Gasteiger partial charge in [0.2, 0.25) is 0 Å². The summed E-state index contributed by atoms with van der Waals surface area (Å²) in [5.74, 6) is 1.52. The van der Waals surface area contributed by atoms with E-state index in [-0.39, 0.29) is 4.75 Å². The molecule has 0 amide bonds. The van der Waals surface area contributed by atoms with E-state index < -0.39 is 11.0 Å². The van der Waals surface area contributed by atoms with Crippen LogP contribution in [0, 0.1) is 17.3 Å². The maximum absolute atomic E-state index is 12.4. The molecule has 19 heavy (non-hydrogen) atoms. The Morgan fingerprint density at radius 3 is 2.47 bits per heavy atom. The predicted octanol–water partition coefficient (Wildman–Crippen LogP) is 4.27. The minimum Gasteiger partial charge on any atom is -0.234 e. The molecule has 0 aromatic rings. The fourth-order valence-corrected chi connectivity index (χ4v) is 5.37. The van der Waals surface area contributed by atoms with Crippen molar-refractivity contribution in [1.29, 1.82) is 0 Å². The zero-order chi connectivity index (χ0) is 13.7. The van der Waals surface area contributed by atoms with Gasteiger partial charge in [-0.05, 0) is 64.7 Å². The van der Waals surface area contributed by atoms with E-state index in [9.17, 15) is 4.21 Å². The van der Waals surface area contributed by atoms with Crippen LogP contribution in [0.4, 0.5) is 0 Å². The summed E-state index contributed by atoms with van der Waals surface area (Å²) in [6.07, 6.45) is 10.7. The van der Waals surface area contributed by atoms with Crippen LogP contribution in [-0.2, 0) is 11.0 Å². The number of hydrogen-bond donors (Lipinski definition) is 0. The topological polar surface area (TPSA) is 29.4 Å². The number of nitrogens with zero attached hydrogens (tertiary/aromatic N) is 1. The maximum Gasteiger partial charge on any atom is 0.144 e. The van der Waals surface area contributed by atoms with Gasteiger partial charge in [-0.3, -0.25) is 0 Å². The molecule has 3 aliphatic rings. The Balaban J connectivity index is 1.94. The van der Waals surface area contributed by atoms with Gasteiger partial charge in [0, 0.05) is 11.1 Å². The largest absolute Gasteiger partial charge is 0.234 e. The molecule has 0 aromatic carbocycles. The lowest BCUT2D eigenvalue weighted by molar-refractivity contribution is 0.193. The van der Waals surface area contributed by atoms with Gasteiger partial charge in [-0.15, -0.1) is 0 Å². The monoisotopic (exact) mass is 281 g/mol. The average Bonchev–Trinajstić information content (AvgIpc) is 2.92. The lowest BCUT2D eigenvalue weighted by Crippen LogP contribution is -2.39. The van der Waals surface area contributed by atoms with Crippen molar-refractivity contribution in [3.05, 3.63) is 0 Å². The third-order valence-corrected chi connectivity index (χ3v) is 6.97. The summed E-state index contributed by atoms with van der Waals surface area (Å²) in [5, 5.41) is 0. The quantitative estimate of drug-likeness (QED) is 0.705. The Kier molecular flexibility index (Phi) is 3.40. The molecular formula is C16H27NOS. The first-order valence-corrected chi connectivity index (χ1v) is 9.05. The fourth-order valence-electron chi connectivity index (χ4n) is 4.59.